The van der Waals surface area contributed by atoms with Gasteiger partial charge in [-0.25, -0.2) is 0 Å². The number of aliphatic hydroxyl groups excluding tert-OH is 1. The second-order valence-electron chi connectivity index (χ2n) is 5.92. The molecular weight excluding hydrogens is 328 g/mol. The summed E-state index contributed by atoms with van der Waals surface area (Å²) in [4.78, 5) is 2.54. The Morgan fingerprint density at radius 3 is 2.76 bits per heavy atom. The Morgan fingerprint density at radius 1 is 1.38 bits per heavy atom. The molecule has 1 aliphatic heterocycles. The lowest BCUT2D eigenvalue weighted by Crippen LogP contribution is -2.37. The lowest BCUT2D eigenvalue weighted by Gasteiger charge is -2.32. The van der Waals surface area contributed by atoms with Crippen LogP contribution in [0.2, 0.25) is 0 Å². The summed E-state index contributed by atoms with van der Waals surface area (Å²) in [6.45, 7) is 6.89. The van der Waals surface area contributed by atoms with Crippen LogP contribution in [0, 0.1) is 5.92 Å². The van der Waals surface area contributed by atoms with Crippen molar-refractivity contribution in [3.05, 3.63) is 34.3 Å². The quantitative estimate of drug-likeness (QED) is 0.789. The van der Waals surface area contributed by atoms with Crippen molar-refractivity contribution in [2.24, 2.45) is 5.92 Å². The van der Waals surface area contributed by atoms with Gasteiger partial charge in [-0.15, -0.1) is 0 Å². The van der Waals surface area contributed by atoms with Gasteiger partial charge in [-0.3, -0.25) is 0 Å². The minimum Gasteiger partial charge on any atom is -0.396 e. The normalized spacial score (nSPS) is 18.8. The van der Waals surface area contributed by atoms with Crippen LogP contribution in [0.15, 0.2) is 28.7 Å². The van der Waals surface area contributed by atoms with Crippen molar-refractivity contribution in [3.63, 3.8) is 0 Å². The number of aliphatic hydroxyl groups is 1. The average Bonchev–Trinajstić information content (AvgIpc) is 2.52. The highest BCUT2D eigenvalue weighted by molar-refractivity contribution is 9.10. The number of nitrogens with one attached hydrogen (secondary N) is 1. The number of likely N-dealkylation sites (tertiary alicyclic amines) is 1. The largest absolute Gasteiger partial charge is 0.396 e. The predicted molar refractivity (Wildman–Crippen MR) is 91.4 cm³/mol. The molecule has 118 valence electrons. The number of hydrogen-bond donors (Lipinski definition) is 2. The number of nitrogens with zero attached hydrogens (tertiary/aromatic N) is 1. The van der Waals surface area contributed by atoms with Crippen molar-refractivity contribution >= 4 is 15.9 Å². The molecule has 1 heterocycles. The minimum atomic E-state index is 0.353. The van der Waals surface area contributed by atoms with E-state index in [0.29, 0.717) is 18.6 Å². The van der Waals surface area contributed by atoms with Crippen LogP contribution < -0.4 is 5.32 Å². The van der Waals surface area contributed by atoms with E-state index in [4.69, 9.17) is 0 Å². The Labute approximate surface area is 136 Å². The van der Waals surface area contributed by atoms with E-state index in [0.717, 1.165) is 49.9 Å². The number of piperidine rings is 1. The third-order valence-corrected chi connectivity index (χ3v) is 4.89. The van der Waals surface area contributed by atoms with Crippen molar-refractivity contribution in [3.8, 4) is 0 Å². The van der Waals surface area contributed by atoms with Crippen LogP contribution in [0.3, 0.4) is 0 Å². The Bertz CT molecular complexity index is 419. The lowest BCUT2D eigenvalue weighted by atomic mass is 9.97. The first-order valence-corrected chi connectivity index (χ1v) is 8.84. The Hall–Kier alpha value is -0.420. The smallest absolute Gasteiger partial charge is 0.0460 e. The summed E-state index contributed by atoms with van der Waals surface area (Å²) in [7, 11) is 0. The molecule has 0 bridgehead atoms. The molecule has 0 aromatic heterocycles. The van der Waals surface area contributed by atoms with E-state index in [9.17, 15) is 5.11 Å². The van der Waals surface area contributed by atoms with Gasteiger partial charge in [0.2, 0.25) is 0 Å². The van der Waals surface area contributed by atoms with Crippen LogP contribution in [0.5, 0.6) is 0 Å². The SMILES string of the molecule is CCNC(CCN1CCC(CO)CC1)c1cccc(Br)c1. The third kappa shape index (κ3) is 5.37. The standard InChI is InChI=1S/C17H27BrN2O/c1-2-19-17(15-4-3-5-16(18)12-15)8-11-20-9-6-14(13-21)7-10-20/h3-5,12,14,17,19,21H,2,6-11,13H2,1H3. The van der Waals surface area contributed by atoms with Crippen molar-refractivity contribution < 1.29 is 5.11 Å². The van der Waals surface area contributed by atoms with Gasteiger partial charge >= 0.3 is 0 Å². The minimum absolute atomic E-state index is 0.353. The van der Waals surface area contributed by atoms with Crippen molar-refractivity contribution in [2.45, 2.75) is 32.2 Å². The molecule has 2 rings (SSSR count). The van der Waals surface area contributed by atoms with Gasteiger partial charge in [0, 0.05) is 17.1 Å². The molecule has 1 unspecified atom stereocenters. The molecule has 1 aromatic rings. The molecule has 1 saturated heterocycles. The summed E-state index contributed by atoms with van der Waals surface area (Å²) in [5.41, 5.74) is 1.36. The van der Waals surface area contributed by atoms with Gasteiger partial charge in [-0.2, -0.15) is 0 Å². The highest BCUT2D eigenvalue weighted by atomic mass is 79.9. The van der Waals surface area contributed by atoms with Gasteiger partial charge in [0.05, 0.1) is 0 Å². The first kappa shape index (κ1) is 16.9. The summed E-state index contributed by atoms with van der Waals surface area (Å²) in [6.07, 6.45) is 3.41. The number of benzene rings is 1. The molecule has 21 heavy (non-hydrogen) atoms. The maximum absolute atomic E-state index is 9.21. The van der Waals surface area contributed by atoms with Crippen LogP contribution in [0.1, 0.15) is 37.8 Å². The van der Waals surface area contributed by atoms with Crippen LogP contribution in [-0.4, -0.2) is 42.8 Å². The Kier molecular flexibility index (Phi) is 7.17. The van der Waals surface area contributed by atoms with E-state index in [1.165, 1.54) is 5.56 Å². The first-order valence-electron chi connectivity index (χ1n) is 8.05. The zero-order valence-electron chi connectivity index (χ0n) is 12.9. The predicted octanol–water partition coefficient (Wildman–Crippen LogP) is 3.19. The summed E-state index contributed by atoms with van der Waals surface area (Å²) < 4.78 is 1.15. The van der Waals surface area contributed by atoms with E-state index in [1.807, 2.05) is 0 Å². The highest BCUT2D eigenvalue weighted by Crippen LogP contribution is 2.23. The highest BCUT2D eigenvalue weighted by Gasteiger charge is 2.19. The molecule has 0 spiro atoms. The average molecular weight is 355 g/mol. The van der Waals surface area contributed by atoms with Crippen LogP contribution in [0.25, 0.3) is 0 Å². The van der Waals surface area contributed by atoms with Crippen LogP contribution in [0.4, 0.5) is 0 Å². The van der Waals surface area contributed by atoms with Gasteiger partial charge in [0.1, 0.15) is 0 Å². The van der Waals surface area contributed by atoms with Crippen LogP contribution in [-0.2, 0) is 0 Å². The topological polar surface area (TPSA) is 35.5 Å². The zero-order valence-corrected chi connectivity index (χ0v) is 14.5. The van der Waals surface area contributed by atoms with E-state index >= 15 is 0 Å². The molecular formula is C17H27BrN2O. The molecule has 1 aromatic carbocycles. The van der Waals surface area contributed by atoms with Gasteiger partial charge in [-0.1, -0.05) is 35.0 Å². The van der Waals surface area contributed by atoms with Gasteiger partial charge < -0.3 is 15.3 Å². The molecule has 1 aliphatic rings. The monoisotopic (exact) mass is 354 g/mol. The van der Waals surface area contributed by atoms with E-state index in [2.05, 4.69) is 57.3 Å². The molecule has 3 nitrogen and oxygen atoms in total. The fourth-order valence-electron chi connectivity index (χ4n) is 3.06. The van der Waals surface area contributed by atoms with Crippen molar-refractivity contribution in [1.29, 1.82) is 0 Å². The maximum atomic E-state index is 9.21. The third-order valence-electron chi connectivity index (χ3n) is 4.40. The zero-order chi connectivity index (χ0) is 15.1. The van der Waals surface area contributed by atoms with E-state index < -0.39 is 0 Å². The summed E-state index contributed by atoms with van der Waals surface area (Å²) in [5.74, 6) is 0.524. The fraction of sp³-hybridized carbons (Fsp3) is 0.647. The van der Waals surface area contributed by atoms with Gasteiger partial charge in [0.25, 0.3) is 0 Å². The number of halogens is 1. The van der Waals surface area contributed by atoms with Crippen molar-refractivity contribution in [1.82, 2.24) is 10.2 Å². The summed E-state index contributed by atoms with van der Waals surface area (Å²) >= 11 is 3.56. The molecule has 4 heteroatoms. The molecule has 2 N–H and O–H groups in total. The number of rotatable bonds is 7. The summed E-state index contributed by atoms with van der Waals surface area (Å²) in [5, 5.41) is 12.8. The van der Waals surface area contributed by atoms with Gasteiger partial charge in [0.15, 0.2) is 0 Å². The van der Waals surface area contributed by atoms with Crippen LogP contribution >= 0.6 is 15.9 Å². The van der Waals surface area contributed by atoms with Crippen molar-refractivity contribution in [2.75, 3.05) is 32.8 Å². The fourth-order valence-corrected chi connectivity index (χ4v) is 3.48. The molecule has 0 radical (unpaired) electrons. The Balaban J connectivity index is 1.86. The second kappa shape index (κ2) is 8.89. The lowest BCUT2D eigenvalue weighted by molar-refractivity contribution is 0.128. The first-order chi connectivity index (χ1) is 10.2. The number of hydrogen-bond acceptors (Lipinski definition) is 3. The molecule has 0 amide bonds. The molecule has 0 aliphatic carbocycles. The summed E-state index contributed by atoms with van der Waals surface area (Å²) in [6, 6.07) is 9.02. The second-order valence-corrected chi connectivity index (χ2v) is 6.84. The van der Waals surface area contributed by atoms with E-state index in [1.54, 1.807) is 0 Å². The maximum Gasteiger partial charge on any atom is 0.0460 e. The molecule has 1 atom stereocenters. The van der Waals surface area contributed by atoms with Gasteiger partial charge in [-0.05, 0) is 69.1 Å². The molecule has 1 fully saturated rings. The van der Waals surface area contributed by atoms with E-state index in [-0.39, 0.29) is 0 Å². The molecule has 0 saturated carbocycles. The Morgan fingerprint density at radius 2 is 2.14 bits per heavy atom.